The summed E-state index contributed by atoms with van der Waals surface area (Å²) in [4.78, 5) is 6.50. The molecule has 15 heavy (non-hydrogen) atoms. The van der Waals surface area contributed by atoms with Crippen LogP contribution in [0.4, 0.5) is 4.39 Å². The zero-order chi connectivity index (χ0) is 10.7. The number of alkyl halides is 1. The van der Waals surface area contributed by atoms with Crippen LogP contribution in [-0.4, -0.2) is 43.5 Å². The summed E-state index contributed by atoms with van der Waals surface area (Å²) in [5, 5.41) is 0. The maximum atomic E-state index is 13.2. The average Bonchev–Trinajstić information content (AvgIpc) is 2.66. The zero-order valence-corrected chi connectivity index (χ0v) is 9.53. The van der Waals surface area contributed by atoms with Crippen molar-refractivity contribution < 1.29 is 4.39 Å². The lowest BCUT2D eigenvalue weighted by atomic mass is 9.84. The first-order valence-corrected chi connectivity index (χ1v) is 6.11. The summed E-state index contributed by atoms with van der Waals surface area (Å²) in [6.45, 7) is 1.60. The van der Waals surface area contributed by atoms with E-state index in [1.54, 1.807) is 0 Å². The van der Waals surface area contributed by atoms with E-state index in [-0.39, 0.29) is 0 Å². The summed E-state index contributed by atoms with van der Waals surface area (Å²) in [5.74, 6) is 0.564. The van der Waals surface area contributed by atoms with E-state index >= 15 is 0 Å². The highest BCUT2D eigenvalue weighted by Crippen LogP contribution is 2.30. The second-order valence-electron chi connectivity index (χ2n) is 4.80. The molecule has 86 valence electrons. The molecule has 2 unspecified atom stereocenters. The summed E-state index contributed by atoms with van der Waals surface area (Å²) in [7, 11) is 1.84. The summed E-state index contributed by atoms with van der Waals surface area (Å²) < 4.78 is 13.2. The maximum Gasteiger partial charge on any atom is 0.114 e. The normalized spacial score (nSPS) is 38.9. The molecule has 0 amide bonds. The van der Waals surface area contributed by atoms with Crippen LogP contribution >= 0.6 is 0 Å². The Morgan fingerprint density at radius 2 is 2.07 bits per heavy atom. The Bertz CT molecular complexity index is 230. The Morgan fingerprint density at radius 1 is 1.27 bits per heavy atom. The lowest BCUT2D eigenvalue weighted by molar-refractivity contribution is 0.153. The van der Waals surface area contributed by atoms with E-state index in [0.29, 0.717) is 18.5 Å². The van der Waals surface area contributed by atoms with Gasteiger partial charge in [0, 0.05) is 38.3 Å². The van der Waals surface area contributed by atoms with Crippen molar-refractivity contribution in [3.05, 3.63) is 0 Å². The van der Waals surface area contributed by atoms with Crippen LogP contribution in [0.5, 0.6) is 0 Å². The molecular formula is C12H21FN2. The lowest BCUT2D eigenvalue weighted by Gasteiger charge is -2.36. The third-order valence-corrected chi connectivity index (χ3v) is 3.75. The van der Waals surface area contributed by atoms with Gasteiger partial charge in [-0.2, -0.15) is 0 Å². The molecule has 1 saturated heterocycles. The van der Waals surface area contributed by atoms with Gasteiger partial charge in [0.25, 0.3) is 0 Å². The number of aliphatic imine (C=N–C) groups is 1. The van der Waals surface area contributed by atoms with E-state index in [4.69, 9.17) is 0 Å². The molecule has 0 aromatic rings. The van der Waals surface area contributed by atoms with E-state index in [0.717, 1.165) is 13.0 Å². The summed E-state index contributed by atoms with van der Waals surface area (Å²) in [6, 6.07) is 0.559. The summed E-state index contributed by atoms with van der Waals surface area (Å²) in [6.07, 6.45) is 7.28. The summed E-state index contributed by atoms with van der Waals surface area (Å²) in [5.41, 5.74) is 0. The molecule has 1 aliphatic heterocycles. The molecule has 0 N–H and O–H groups in total. The van der Waals surface area contributed by atoms with Crippen molar-refractivity contribution >= 4 is 6.21 Å². The van der Waals surface area contributed by atoms with Gasteiger partial charge in [0.2, 0.25) is 0 Å². The van der Waals surface area contributed by atoms with Gasteiger partial charge in [0.1, 0.15) is 6.17 Å². The van der Waals surface area contributed by atoms with Crippen molar-refractivity contribution in [2.75, 3.05) is 20.1 Å². The molecule has 2 rings (SSSR count). The average molecular weight is 212 g/mol. The number of hydrogen-bond acceptors (Lipinski definition) is 2. The highest BCUT2D eigenvalue weighted by Gasteiger charge is 2.33. The molecule has 3 heteroatoms. The van der Waals surface area contributed by atoms with Gasteiger partial charge in [-0.3, -0.25) is 4.90 Å². The molecule has 0 spiro atoms. The molecule has 2 nitrogen and oxygen atoms in total. The Hall–Kier alpha value is -0.440. The van der Waals surface area contributed by atoms with E-state index < -0.39 is 6.17 Å². The van der Waals surface area contributed by atoms with E-state index in [1.807, 2.05) is 7.05 Å². The van der Waals surface area contributed by atoms with E-state index in [2.05, 4.69) is 16.1 Å². The minimum absolute atomic E-state index is 0.559. The Balaban J connectivity index is 1.98. The molecular weight excluding hydrogens is 191 g/mol. The molecule has 2 aliphatic rings. The fraction of sp³-hybridized carbons (Fsp3) is 0.917. The number of likely N-dealkylation sites (tertiary alicyclic amines) is 1. The number of rotatable bonds is 2. The van der Waals surface area contributed by atoms with Crippen LogP contribution < -0.4 is 0 Å². The van der Waals surface area contributed by atoms with E-state index in [9.17, 15) is 4.39 Å². The Kier molecular flexibility index (Phi) is 3.73. The first-order chi connectivity index (χ1) is 7.31. The van der Waals surface area contributed by atoms with Crippen molar-refractivity contribution in [2.45, 2.75) is 44.3 Å². The van der Waals surface area contributed by atoms with Crippen LogP contribution in [0.2, 0.25) is 0 Å². The number of nitrogens with zero attached hydrogens (tertiary/aromatic N) is 2. The van der Waals surface area contributed by atoms with Gasteiger partial charge in [-0.05, 0) is 19.3 Å². The molecule has 0 aromatic heterocycles. The van der Waals surface area contributed by atoms with Crippen molar-refractivity contribution in [3.8, 4) is 0 Å². The quantitative estimate of drug-likeness (QED) is 0.641. The molecule has 0 aromatic carbocycles. The fourth-order valence-electron chi connectivity index (χ4n) is 3.00. The largest absolute Gasteiger partial charge is 0.301 e. The van der Waals surface area contributed by atoms with Crippen LogP contribution in [0.25, 0.3) is 0 Å². The minimum atomic E-state index is -0.592. The lowest BCUT2D eigenvalue weighted by Crippen LogP contribution is -2.42. The van der Waals surface area contributed by atoms with Crippen LogP contribution in [0.1, 0.15) is 32.1 Å². The fourth-order valence-corrected chi connectivity index (χ4v) is 3.00. The predicted octanol–water partition coefficient (Wildman–Crippen LogP) is 2.29. The highest BCUT2D eigenvalue weighted by molar-refractivity contribution is 5.61. The highest BCUT2D eigenvalue weighted by atomic mass is 19.1. The van der Waals surface area contributed by atoms with Gasteiger partial charge in [0.05, 0.1) is 0 Å². The van der Waals surface area contributed by atoms with Gasteiger partial charge in [-0.25, -0.2) is 4.39 Å². The monoisotopic (exact) mass is 212 g/mol. The third kappa shape index (κ3) is 2.57. The molecule has 0 radical (unpaired) electrons. The van der Waals surface area contributed by atoms with Gasteiger partial charge >= 0.3 is 0 Å². The second kappa shape index (κ2) is 5.06. The maximum absolute atomic E-state index is 13.2. The molecule has 3 atom stereocenters. The van der Waals surface area contributed by atoms with Crippen molar-refractivity contribution in [1.82, 2.24) is 4.90 Å². The molecule has 1 aliphatic carbocycles. The van der Waals surface area contributed by atoms with Crippen LogP contribution in [-0.2, 0) is 0 Å². The van der Waals surface area contributed by atoms with Crippen LogP contribution in [0, 0.1) is 5.92 Å². The number of hydrogen-bond donors (Lipinski definition) is 0. The molecule has 1 heterocycles. The zero-order valence-electron chi connectivity index (χ0n) is 9.53. The van der Waals surface area contributed by atoms with E-state index in [1.165, 1.54) is 25.7 Å². The van der Waals surface area contributed by atoms with Crippen molar-refractivity contribution in [1.29, 1.82) is 0 Å². The van der Waals surface area contributed by atoms with Crippen molar-refractivity contribution in [2.24, 2.45) is 10.9 Å². The first kappa shape index (κ1) is 11.1. The SMILES string of the molecule is CN=CC1CCCC[C@@H]1N1CCC(F)C1. The predicted molar refractivity (Wildman–Crippen MR) is 61.2 cm³/mol. The Labute approximate surface area is 91.6 Å². The topological polar surface area (TPSA) is 15.6 Å². The second-order valence-corrected chi connectivity index (χ2v) is 4.80. The molecule has 1 saturated carbocycles. The summed E-state index contributed by atoms with van der Waals surface area (Å²) >= 11 is 0. The smallest absolute Gasteiger partial charge is 0.114 e. The standard InChI is InChI=1S/C12H21FN2/c1-14-8-10-4-2-3-5-12(10)15-7-6-11(13)9-15/h8,10-12H,2-7,9H2,1H3/t10?,11?,12-/m0/s1. The molecule has 0 bridgehead atoms. The third-order valence-electron chi connectivity index (χ3n) is 3.75. The van der Waals surface area contributed by atoms with Crippen LogP contribution in [0.3, 0.4) is 0 Å². The van der Waals surface area contributed by atoms with Crippen LogP contribution in [0.15, 0.2) is 4.99 Å². The van der Waals surface area contributed by atoms with Gasteiger partial charge in [-0.15, -0.1) is 0 Å². The van der Waals surface area contributed by atoms with Gasteiger partial charge < -0.3 is 4.99 Å². The first-order valence-electron chi connectivity index (χ1n) is 6.11. The van der Waals surface area contributed by atoms with Gasteiger partial charge in [0.15, 0.2) is 0 Å². The minimum Gasteiger partial charge on any atom is -0.301 e. The Morgan fingerprint density at radius 3 is 2.73 bits per heavy atom. The number of halogens is 1. The van der Waals surface area contributed by atoms with Crippen molar-refractivity contribution in [3.63, 3.8) is 0 Å². The molecule has 2 fully saturated rings. The van der Waals surface area contributed by atoms with Gasteiger partial charge in [-0.1, -0.05) is 12.8 Å².